The van der Waals surface area contributed by atoms with Gasteiger partial charge in [-0.3, -0.25) is 4.79 Å². The summed E-state index contributed by atoms with van der Waals surface area (Å²) in [6, 6.07) is 23.0. The van der Waals surface area contributed by atoms with Gasteiger partial charge in [0, 0.05) is 18.0 Å². The monoisotopic (exact) mass is 318 g/mol. The highest BCUT2D eigenvalue weighted by atomic mass is 16.5. The Labute approximate surface area is 141 Å². The van der Waals surface area contributed by atoms with E-state index >= 15 is 0 Å². The van der Waals surface area contributed by atoms with Crippen molar-refractivity contribution in [1.29, 1.82) is 0 Å². The van der Waals surface area contributed by atoms with Crippen LogP contribution in [0.1, 0.15) is 15.9 Å². The summed E-state index contributed by atoms with van der Waals surface area (Å²) in [4.78, 5) is 18.9. The molecule has 2 aromatic carbocycles. The molecular formula is C20H18N2O2. The summed E-state index contributed by atoms with van der Waals surface area (Å²) in [5.41, 5.74) is 2.44. The van der Waals surface area contributed by atoms with Crippen molar-refractivity contribution in [2.24, 2.45) is 0 Å². The van der Waals surface area contributed by atoms with E-state index in [0.29, 0.717) is 18.0 Å². The third-order valence-corrected chi connectivity index (χ3v) is 3.69. The molecular weight excluding hydrogens is 300 g/mol. The molecule has 0 aliphatic carbocycles. The number of ether oxygens (including phenoxy) is 1. The van der Waals surface area contributed by atoms with Crippen LogP contribution >= 0.6 is 0 Å². The van der Waals surface area contributed by atoms with Gasteiger partial charge in [0.2, 0.25) is 5.88 Å². The molecule has 0 unspecified atom stereocenters. The number of carbonyl (C=O) groups excluding carboxylic acids is 1. The van der Waals surface area contributed by atoms with Gasteiger partial charge in [-0.2, -0.15) is 0 Å². The number of methoxy groups -OCH3 is 1. The summed E-state index contributed by atoms with van der Waals surface area (Å²) in [6.07, 6.45) is 1.54. The minimum absolute atomic E-state index is 0.0970. The molecule has 1 heterocycles. The summed E-state index contributed by atoms with van der Waals surface area (Å²) in [5.74, 6) is 0.390. The van der Waals surface area contributed by atoms with Gasteiger partial charge in [0.25, 0.3) is 5.91 Å². The first kappa shape index (κ1) is 15.7. The molecule has 3 rings (SSSR count). The number of pyridine rings is 1. The molecule has 0 spiro atoms. The van der Waals surface area contributed by atoms with E-state index in [1.807, 2.05) is 60.7 Å². The SMILES string of the molecule is COc1ccc(C(=O)N(Cc2ccccc2)c2ccccc2)cn1. The molecule has 0 bridgehead atoms. The van der Waals surface area contributed by atoms with Crippen LogP contribution in [0.2, 0.25) is 0 Å². The van der Waals surface area contributed by atoms with Crippen molar-refractivity contribution in [3.8, 4) is 5.88 Å². The molecule has 0 saturated carbocycles. The molecule has 0 atom stereocenters. The fourth-order valence-electron chi connectivity index (χ4n) is 2.44. The van der Waals surface area contributed by atoms with Gasteiger partial charge in [-0.05, 0) is 23.8 Å². The standard InChI is InChI=1S/C20H18N2O2/c1-24-19-13-12-17(14-21-19)20(23)22(18-10-6-3-7-11-18)15-16-8-4-2-5-9-16/h2-14H,15H2,1H3. The van der Waals surface area contributed by atoms with Gasteiger partial charge in [-0.1, -0.05) is 48.5 Å². The van der Waals surface area contributed by atoms with E-state index < -0.39 is 0 Å². The Morgan fingerprint density at radius 2 is 1.62 bits per heavy atom. The summed E-state index contributed by atoms with van der Waals surface area (Å²) in [6.45, 7) is 0.496. The van der Waals surface area contributed by atoms with E-state index in [1.54, 1.807) is 30.3 Å². The van der Waals surface area contributed by atoms with Gasteiger partial charge in [-0.15, -0.1) is 0 Å². The van der Waals surface area contributed by atoms with Gasteiger partial charge in [0.05, 0.1) is 19.2 Å². The van der Waals surface area contributed by atoms with Gasteiger partial charge in [0.15, 0.2) is 0 Å². The van der Waals surface area contributed by atoms with Crippen LogP contribution in [-0.2, 0) is 6.54 Å². The zero-order chi connectivity index (χ0) is 16.8. The number of anilines is 1. The molecule has 120 valence electrons. The first-order valence-electron chi connectivity index (χ1n) is 7.69. The van der Waals surface area contributed by atoms with Crippen molar-refractivity contribution in [1.82, 2.24) is 4.98 Å². The molecule has 0 radical (unpaired) electrons. The van der Waals surface area contributed by atoms with Gasteiger partial charge < -0.3 is 9.64 Å². The lowest BCUT2D eigenvalue weighted by atomic mass is 10.1. The summed E-state index contributed by atoms with van der Waals surface area (Å²) >= 11 is 0. The van der Waals surface area contributed by atoms with Crippen molar-refractivity contribution in [2.45, 2.75) is 6.54 Å². The van der Waals surface area contributed by atoms with Gasteiger partial charge >= 0.3 is 0 Å². The number of rotatable bonds is 5. The molecule has 4 heteroatoms. The van der Waals surface area contributed by atoms with Crippen LogP contribution in [0.25, 0.3) is 0 Å². The Bertz CT molecular complexity index is 787. The Hall–Kier alpha value is -3.14. The number of carbonyl (C=O) groups is 1. The average Bonchev–Trinajstić information content (AvgIpc) is 2.67. The molecule has 24 heavy (non-hydrogen) atoms. The minimum Gasteiger partial charge on any atom is -0.481 e. The number of amides is 1. The van der Waals surface area contributed by atoms with Crippen molar-refractivity contribution in [3.05, 3.63) is 90.1 Å². The third-order valence-electron chi connectivity index (χ3n) is 3.69. The molecule has 4 nitrogen and oxygen atoms in total. The molecule has 1 aromatic heterocycles. The van der Waals surface area contributed by atoms with Crippen LogP contribution in [0, 0.1) is 0 Å². The fraction of sp³-hybridized carbons (Fsp3) is 0.100. The maximum atomic E-state index is 13.0. The maximum Gasteiger partial charge on any atom is 0.260 e. The second kappa shape index (κ2) is 7.42. The Morgan fingerprint density at radius 3 is 2.21 bits per heavy atom. The number of hydrogen-bond donors (Lipinski definition) is 0. The van der Waals surface area contributed by atoms with E-state index in [-0.39, 0.29) is 5.91 Å². The van der Waals surface area contributed by atoms with E-state index in [2.05, 4.69) is 4.98 Å². The van der Waals surface area contributed by atoms with E-state index in [0.717, 1.165) is 11.3 Å². The van der Waals surface area contributed by atoms with Gasteiger partial charge in [0.1, 0.15) is 0 Å². The van der Waals surface area contributed by atoms with Crippen LogP contribution in [0.5, 0.6) is 5.88 Å². The second-order valence-electron chi connectivity index (χ2n) is 5.30. The number of hydrogen-bond acceptors (Lipinski definition) is 3. The predicted octanol–water partition coefficient (Wildman–Crippen LogP) is 3.94. The van der Waals surface area contributed by atoms with E-state index in [4.69, 9.17) is 4.74 Å². The maximum absolute atomic E-state index is 13.0. The normalized spacial score (nSPS) is 10.2. The molecule has 3 aromatic rings. The van der Waals surface area contributed by atoms with Crippen molar-refractivity contribution in [2.75, 3.05) is 12.0 Å². The van der Waals surface area contributed by atoms with E-state index in [1.165, 1.54) is 0 Å². The first-order chi connectivity index (χ1) is 11.8. The lowest BCUT2D eigenvalue weighted by Gasteiger charge is -2.23. The zero-order valence-electron chi connectivity index (χ0n) is 13.4. The van der Waals surface area contributed by atoms with E-state index in [9.17, 15) is 4.79 Å². The second-order valence-corrected chi connectivity index (χ2v) is 5.30. The van der Waals surface area contributed by atoms with Crippen LogP contribution in [0.3, 0.4) is 0 Å². The fourth-order valence-corrected chi connectivity index (χ4v) is 2.44. The first-order valence-corrected chi connectivity index (χ1v) is 7.69. The summed E-state index contributed by atoms with van der Waals surface area (Å²) < 4.78 is 5.05. The smallest absolute Gasteiger partial charge is 0.260 e. The largest absolute Gasteiger partial charge is 0.481 e. The molecule has 0 saturated heterocycles. The van der Waals surface area contributed by atoms with Gasteiger partial charge in [-0.25, -0.2) is 4.98 Å². The Balaban J connectivity index is 1.92. The summed E-state index contributed by atoms with van der Waals surface area (Å²) in [5, 5.41) is 0. The number of benzene rings is 2. The van der Waals surface area contributed by atoms with Crippen molar-refractivity contribution < 1.29 is 9.53 Å². The topological polar surface area (TPSA) is 42.4 Å². The lowest BCUT2D eigenvalue weighted by Crippen LogP contribution is -2.30. The minimum atomic E-state index is -0.0970. The number of aromatic nitrogens is 1. The predicted molar refractivity (Wildman–Crippen MR) is 94.2 cm³/mol. The molecule has 0 fully saturated rings. The molecule has 0 aliphatic rings. The average molecular weight is 318 g/mol. The van der Waals surface area contributed by atoms with Crippen LogP contribution in [0.4, 0.5) is 5.69 Å². The van der Waals surface area contributed by atoms with Crippen LogP contribution in [0.15, 0.2) is 79.0 Å². The molecule has 0 aliphatic heterocycles. The highest BCUT2D eigenvalue weighted by Crippen LogP contribution is 2.20. The quantitative estimate of drug-likeness (QED) is 0.715. The number of nitrogens with zero attached hydrogens (tertiary/aromatic N) is 2. The number of para-hydroxylation sites is 1. The van der Waals surface area contributed by atoms with Crippen LogP contribution in [-0.4, -0.2) is 18.0 Å². The van der Waals surface area contributed by atoms with Crippen LogP contribution < -0.4 is 9.64 Å². The Kier molecular flexibility index (Phi) is 4.87. The highest BCUT2D eigenvalue weighted by molar-refractivity contribution is 6.05. The molecule has 1 amide bonds. The van der Waals surface area contributed by atoms with Crippen molar-refractivity contribution in [3.63, 3.8) is 0 Å². The zero-order valence-corrected chi connectivity index (χ0v) is 13.4. The summed E-state index contributed by atoms with van der Waals surface area (Å²) in [7, 11) is 1.55. The lowest BCUT2D eigenvalue weighted by molar-refractivity contribution is 0.0984. The third kappa shape index (κ3) is 3.60. The molecule has 0 N–H and O–H groups in total. The highest BCUT2D eigenvalue weighted by Gasteiger charge is 2.18. The Morgan fingerprint density at radius 1 is 0.958 bits per heavy atom. The van der Waals surface area contributed by atoms with Crippen molar-refractivity contribution >= 4 is 11.6 Å².